The van der Waals surface area contributed by atoms with Gasteiger partial charge in [0.15, 0.2) is 6.23 Å². The summed E-state index contributed by atoms with van der Waals surface area (Å²) in [6, 6.07) is 9.52. The Labute approximate surface area is 163 Å². The normalized spacial score (nSPS) is 17.6. The van der Waals surface area contributed by atoms with Crippen molar-refractivity contribution in [3.63, 3.8) is 0 Å². The second-order valence-corrected chi connectivity index (χ2v) is 7.44. The first-order valence-electron chi connectivity index (χ1n) is 10.3. The highest BCUT2D eigenvalue weighted by Gasteiger charge is 2.39. The summed E-state index contributed by atoms with van der Waals surface area (Å²) >= 11 is 0. The number of benzene rings is 1. The lowest BCUT2D eigenvalue weighted by Crippen LogP contribution is -2.40. The van der Waals surface area contributed by atoms with Crippen LogP contribution in [0.2, 0.25) is 0 Å². The molecule has 0 saturated carbocycles. The van der Waals surface area contributed by atoms with Gasteiger partial charge < -0.3 is 9.47 Å². The third-order valence-electron chi connectivity index (χ3n) is 5.05. The lowest BCUT2D eigenvalue weighted by Gasteiger charge is -2.26. The molecule has 27 heavy (non-hydrogen) atoms. The van der Waals surface area contributed by atoms with Crippen molar-refractivity contribution in [1.29, 1.82) is 0 Å². The zero-order valence-corrected chi connectivity index (χ0v) is 16.7. The van der Waals surface area contributed by atoms with Crippen LogP contribution >= 0.6 is 0 Å². The molecule has 5 heteroatoms. The molecule has 2 rings (SSSR count). The van der Waals surface area contributed by atoms with E-state index in [1.807, 2.05) is 37.3 Å². The van der Waals surface area contributed by atoms with Gasteiger partial charge in [-0.3, -0.25) is 9.69 Å². The molecule has 1 aliphatic heterocycles. The molecule has 150 valence electrons. The summed E-state index contributed by atoms with van der Waals surface area (Å²) in [5.74, 6) is -0.251. The van der Waals surface area contributed by atoms with Crippen molar-refractivity contribution in [2.24, 2.45) is 5.92 Å². The van der Waals surface area contributed by atoms with E-state index in [0.717, 1.165) is 18.4 Å². The van der Waals surface area contributed by atoms with Crippen molar-refractivity contribution in [2.45, 2.75) is 78.0 Å². The fourth-order valence-electron chi connectivity index (χ4n) is 3.42. The van der Waals surface area contributed by atoms with Crippen molar-refractivity contribution in [2.75, 3.05) is 6.54 Å². The van der Waals surface area contributed by atoms with Gasteiger partial charge in [0.05, 0.1) is 0 Å². The van der Waals surface area contributed by atoms with Crippen molar-refractivity contribution in [3.8, 4) is 0 Å². The maximum absolute atomic E-state index is 12.4. The zero-order valence-electron chi connectivity index (χ0n) is 16.7. The summed E-state index contributed by atoms with van der Waals surface area (Å²) in [4.78, 5) is 25.6. The van der Waals surface area contributed by atoms with Crippen LogP contribution in [0.15, 0.2) is 30.3 Å². The molecule has 1 aromatic carbocycles. The number of unbranched alkanes of at least 4 members (excludes halogenated alkanes) is 6. The van der Waals surface area contributed by atoms with Gasteiger partial charge >= 0.3 is 12.1 Å². The number of rotatable bonds is 11. The lowest BCUT2D eigenvalue weighted by molar-refractivity contribution is -0.143. The standard InChI is InChI=1S/C22H33NO4/c1-3-4-5-6-7-8-10-13-18(2)21-23(16-20(24)27-21)22(25)26-17-19-14-11-9-12-15-19/h9,11-12,14-15,18,21H,3-8,10,13,16-17H2,1-2H3. The van der Waals surface area contributed by atoms with Gasteiger partial charge in [-0.2, -0.15) is 0 Å². The van der Waals surface area contributed by atoms with Gasteiger partial charge in [0.2, 0.25) is 0 Å². The van der Waals surface area contributed by atoms with Crippen molar-refractivity contribution in [1.82, 2.24) is 4.90 Å². The van der Waals surface area contributed by atoms with Gasteiger partial charge in [0.1, 0.15) is 13.2 Å². The Hall–Kier alpha value is -2.04. The monoisotopic (exact) mass is 375 g/mol. The molecule has 5 nitrogen and oxygen atoms in total. The quantitative estimate of drug-likeness (QED) is 0.390. The largest absolute Gasteiger partial charge is 0.444 e. The van der Waals surface area contributed by atoms with E-state index in [2.05, 4.69) is 6.92 Å². The molecule has 1 aromatic rings. The van der Waals surface area contributed by atoms with E-state index >= 15 is 0 Å². The molecule has 2 unspecified atom stereocenters. The Morgan fingerprint density at radius 1 is 1.15 bits per heavy atom. The number of hydrogen-bond acceptors (Lipinski definition) is 4. The van der Waals surface area contributed by atoms with E-state index in [-0.39, 0.29) is 25.0 Å². The van der Waals surface area contributed by atoms with Crippen LogP contribution in [0.1, 0.15) is 70.8 Å². The minimum Gasteiger partial charge on any atom is -0.444 e. The van der Waals surface area contributed by atoms with E-state index in [9.17, 15) is 9.59 Å². The summed E-state index contributed by atoms with van der Waals surface area (Å²) < 4.78 is 10.8. The van der Waals surface area contributed by atoms with Crippen LogP contribution in [0.3, 0.4) is 0 Å². The average molecular weight is 376 g/mol. The summed E-state index contributed by atoms with van der Waals surface area (Å²) in [6.07, 6.45) is 8.65. The van der Waals surface area contributed by atoms with E-state index in [4.69, 9.17) is 9.47 Å². The van der Waals surface area contributed by atoms with E-state index in [1.165, 1.54) is 43.4 Å². The highest BCUT2D eigenvalue weighted by Crippen LogP contribution is 2.25. The van der Waals surface area contributed by atoms with Gasteiger partial charge in [-0.15, -0.1) is 0 Å². The highest BCUT2D eigenvalue weighted by molar-refractivity contribution is 5.81. The Balaban J connectivity index is 1.74. The van der Waals surface area contributed by atoms with Gasteiger partial charge in [0.25, 0.3) is 0 Å². The van der Waals surface area contributed by atoms with Crippen molar-refractivity contribution >= 4 is 12.1 Å². The second kappa shape index (κ2) is 11.6. The third kappa shape index (κ3) is 7.24. The number of cyclic esters (lactones) is 1. The fraction of sp³-hybridized carbons (Fsp3) is 0.636. The number of hydrogen-bond donors (Lipinski definition) is 0. The topological polar surface area (TPSA) is 55.8 Å². The van der Waals surface area contributed by atoms with E-state index in [0.29, 0.717) is 0 Å². The van der Waals surface area contributed by atoms with E-state index < -0.39 is 12.3 Å². The number of carbonyl (C=O) groups is 2. The molecule has 0 aliphatic carbocycles. The summed E-state index contributed by atoms with van der Waals surface area (Å²) in [5, 5.41) is 0. The van der Waals surface area contributed by atoms with Crippen molar-refractivity contribution < 1.29 is 19.1 Å². The summed E-state index contributed by atoms with van der Waals surface area (Å²) in [7, 11) is 0. The molecule has 0 aromatic heterocycles. The maximum Gasteiger partial charge on any atom is 0.413 e. The zero-order chi connectivity index (χ0) is 19.5. The van der Waals surface area contributed by atoms with Crippen LogP contribution in [-0.2, 0) is 20.9 Å². The van der Waals surface area contributed by atoms with Crippen LogP contribution in [0.25, 0.3) is 0 Å². The Morgan fingerprint density at radius 3 is 2.52 bits per heavy atom. The smallest absolute Gasteiger partial charge is 0.413 e. The molecule has 0 spiro atoms. The Bertz CT molecular complexity index is 575. The van der Waals surface area contributed by atoms with Gasteiger partial charge in [-0.1, -0.05) is 89.1 Å². The fourth-order valence-corrected chi connectivity index (χ4v) is 3.42. The van der Waals surface area contributed by atoms with Crippen molar-refractivity contribution in [3.05, 3.63) is 35.9 Å². The SMILES string of the molecule is CCCCCCCCCC(C)C1OC(=O)CN1C(=O)OCc1ccccc1. The number of carbonyl (C=O) groups excluding carboxylic acids is 2. The number of amides is 1. The van der Waals surface area contributed by atoms with Crippen LogP contribution in [0.4, 0.5) is 4.79 Å². The van der Waals surface area contributed by atoms with Crippen LogP contribution in [-0.4, -0.2) is 29.7 Å². The average Bonchev–Trinajstić information content (AvgIpc) is 3.08. The minimum atomic E-state index is -0.513. The molecule has 1 aliphatic rings. The maximum atomic E-state index is 12.4. The highest BCUT2D eigenvalue weighted by atomic mass is 16.6. The summed E-state index contributed by atoms with van der Waals surface area (Å²) in [5.41, 5.74) is 0.921. The van der Waals surface area contributed by atoms with Gasteiger partial charge in [-0.05, 0) is 12.0 Å². The first kappa shape index (κ1) is 21.3. The summed E-state index contributed by atoms with van der Waals surface area (Å²) in [6.45, 7) is 4.43. The second-order valence-electron chi connectivity index (χ2n) is 7.44. The molecule has 1 fully saturated rings. The molecular weight excluding hydrogens is 342 g/mol. The third-order valence-corrected chi connectivity index (χ3v) is 5.05. The molecule has 0 radical (unpaired) electrons. The van der Waals surface area contributed by atoms with Gasteiger partial charge in [-0.25, -0.2) is 4.79 Å². The van der Waals surface area contributed by atoms with Crippen LogP contribution in [0.5, 0.6) is 0 Å². The predicted molar refractivity (Wildman–Crippen MR) is 105 cm³/mol. The molecule has 1 amide bonds. The Morgan fingerprint density at radius 2 is 1.81 bits per heavy atom. The molecule has 1 saturated heterocycles. The molecule has 0 N–H and O–H groups in total. The molecular formula is C22H33NO4. The predicted octanol–water partition coefficient (Wildman–Crippen LogP) is 5.28. The lowest BCUT2D eigenvalue weighted by atomic mass is 10.00. The molecule has 2 atom stereocenters. The molecule has 1 heterocycles. The minimum absolute atomic E-state index is 0.0281. The van der Waals surface area contributed by atoms with E-state index in [1.54, 1.807) is 0 Å². The molecule has 0 bridgehead atoms. The van der Waals surface area contributed by atoms with Crippen LogP contribution in [0, 0.1) is 5.92 Å². The van der Waals surface area contributed by atoms with Crippen LogP contribution < -0.4 is 0 Å². The first-order chi connectivity index (χ1) is 13.1. The first-order valence-corrected chi connectivity index (χ1v) is 10.3. The number of nitrogens with zero attached hydrogens (tertiary/aromatic N) is 1. The van der Waals surface area contributed by atoms with Gasteiger partial charge in [0, 0.05) is 5.92 Å². The number of esters is 1. The number of ether oxygens (including phenoxy) is 2. The Kier molecular flexibility index (Phi) is 9.16.